The molecular formula is C16H13Br2ClN2O3. The summed E-state index contributed by atoms with van der Waals surface area (Å²) in [5, 5.41) is 4.45. The maximum Gasteiger partial charge on any atom is 0.277 e. The van der Waals surface area contributed by atoms with Gasteiger partial charge in [0.1, 0.15) is 11.5 Å². The molecular weight excluding hydrogens is 463 g/mol. The summed E-state index contributed by atoms with van der Waals surface area (Å²) < 4.78 is 12.2. The van der Waals surface area contributed by atoms with E-state index in [4.69, 9.17) is 21.1 Å². The number of hydrogen-bond donors (Lipinski definition) is 1. The molecule has 24 heavy (non-hydrogen) atoms. The highest BCUT2D eigenvalue weighted by Gasteiger charge is 2.08. The Morgan fingerprint density at radius 2 is 2.12 bits per heavy atom. The first kappa shape index (κ1) is 18.8. The summed E-state index contributed by atoms with van der Waals surface area (Å²) >= 11 is 12.6. The van der Waals surface area contributed by atoms with Gasteiger partial charge in [0, 0.05) is 15.1 Å². The highest BCUT2D eigenvalue weighted by Crippen LogP contribution is 2.31. The molecule has 0 saturated carbocycles. The molecule has 0 aromatic heterocycles. The van der Waals surface area contributed by atoms with E-state index in [0.717, 1.165) is 8.95 Å². The predicted molar refractivity (Wildman–Crippen MR) is 101 cm³/mol. The normalized spacial score (nSPS) is 10.7. The van der Waals surface area contributed by atoms with Crippen LogP contribution in [0.4, 0.5) is 0 Å². The number of hydrazone groups is 1. The highest BCUT2D eigenvalue weighted by atomic mass is 79.9. The average Bonchev–Trinajstić information content (AvgIpc) is 2.53. The zero-order valence-electron chi connectivity index (χ0n) is 12.6. The third-order valence-electron chi connectivity index (χ3n) is 2.80. The second-order valence-corrected chi connectivity index (χ2v) is 6.76. The topological polar surface area (TPSA) is 59.9 Å². The maximum atomic E-state index is 11.7. The van der Waals surface area contributed by atoms with Crippen molar-refractivity contribution < 1.29 is 14.3 Å². The van der Waals surface area contributed by atoms with Crippen LogP contribution in [0.3, 0.4) is 0 Å². The first-order valence-corrected chi connectivity index (χ1v) is 8.69. The Hall–Kier alpha value is -1.57. The summed E-state index contributed by atoms with van der Waals surface area (Å²) in [6.45, 7) is -0.170. The Morgan fingerprint density at radius 1 is 1.33 bits per heavy atom. The molecule has 2 aromatic carbocycles. The number of nitrogens with zero attached hydrogens (tertiary/aromatic N) is 1. The summed E-state index contributed by atoms with van der Waals surface area (Å²) in [7, 11) is 1.56. The second-order valence-electron chi connectivity index (χ2n) is 4.55. The van der Waals surface area contributed by atoms with Crippen LogP contribution in [0, 0.1) is 0 Å². The van der Waals surface area contributed by atoms with Gasteiger partial charge in [0.15, 0.2) is 6.61 Å². The van der Waals surface area contributed by atoms with Crippen LogP contribution in [0.25, 0.3) is 0 Å². The number of carbonyl (C=O) groups is 1. The maximum absolute atomic E-state index is 11.7. The van der Waals surface area contributed by atoms with E-state index in [0.29, 0.717) is 22.1 Å². The number of carbonyl (C=O) groups excluding carboxylic acids is 1. The van der Waals surface area contributed by atoms with Gasteiger partial charge in [-0.1, -0.05) is 33.6 Å². The average molecular weight is 477 g/mol. The molecule has 0 aliphatic heterocycles. The Bertz CT molecular complexity index is 769. The first-order valence-electron chi connectivity index (χ1n) is 6.73. The van der Waals surface area contributed by atoms with Crippen LogP contribution < -0.4 is 14.9 Å². The fourth-order valence-electron chi connectivity index (χ4n) is 1.80. The summed E-state index contributed by atoms with van der Waals surface area (Å²) in [6, 6.07) is 10.5. The molecule has 0 radical (unpaired) electrons. The molecule has 0 aliphatic rings. The molecule has 126 valence electrons. The van der Waals surface area contributed by atoms with Crippen LogP contribution in [0.15, 0.2) is 50.4 Å². The third-order valence-corrected chi connectivity index (χ3v) is 4.08. The minimum Gasteiger partial charge on any atom is -0.495 e. The molecule has 0 atom stereocenters. The molecule has 2 aromatic rings. The van der Waals surface area contributed by atoms with Gasteiger partial charge < -0.3 is 9.47 Å². The van der Waals surface area contributed by atoms with Crippen molar-refractivity contribution in [2.75, 3.05) is 13.7 Å². The van der Waals surface area contributed by atoms with Crippen molar-refractivity contribution >= 4 is 55.6 Å². The van der Waals surface area contributed by atoms with Crippen molar-refractivity contribution in [2.45, 2.75) is 0 Å². The van der Waals surface area contributed by atoms with Gasteiger partial charge in [-0.15, -0.1) is 0 Å². The monoisotopic (exact) mass is 474 g/mol. The van der Waals surface area contributed by atoms with Gasteiger partial charge in [-0.05, 0) is 46.3 Å². The first-order chi connectivity index (χ1) is 11.5. The van der Waals surface area contributed by atoms with Crippen LogP contribution >= 0.6 is 43.5 Å². The molecule has 1 N–H and O–H groups in total. The molecule has 0 aliphatic carbocycles. The van der Waals surface area contributed by atoms with E-state index < -0.39 is 0 Å². The van der Waals surface area contributed by atoms with E-state index >= 15 is 0 Å². The number of rotatable bonds is 6. The minimum absolute atomic E-state index is 0.170. The minimum atomic E-state index is -0.390. The summed E-state index contributed by atoms with van der Waals surface area (Å²) in [4.78, 5) is 11.7. The van der Waals surface area contributed by atoms with Gasteiger partial charge in [-0.25, -0.2) is 5.43 Å². The lowest BCUT2D eigenvalue weighted by Gasteiger charge is -2.08. The fraction of sp³-hybridized carbons (Fsp3) is 0.125. The number of benzene rings is 2. The highest BCUT2D eigenvalue weighted by molar-refractivity contribution is 9.11. The van der Waals surface area contributed by atoms with Crippen LogP contribution in [0.2, 0.25) is 5.02 Å². The summed E-state index contributed by atoms with van der Waals surface area (Å²) in [5.41, 5.74) is 3.10. The number of methoxy groups -OCH3 is 1. The van der Waals surface area contributed by atoms with E-state index in [9.17, 15) is 4.79 Å². The fourth-order valence-corrected chi connectivity index (χ4v) is 3.40. The van der Waals surface area contributed by atoms with Crippen molar-refractivity contribution in [3.8, 4) is 11.5 Å². The van der Waals surface area contributed by atoms with E-state index in [1.807, 2.05) is 12.1 Å². The number of nitrogens with one attached hydrogen (secondary N) is 1. The smallest absolute Gasteiger partial charge is 0.277 e. The van der Waals surface area contributed by atoms with Gasteiger partial charge in [-0.3, -0.25) is 4.79 Å². The molecule has 0 saturated heterocycles. The van der Waals surface area contributed by atoms with Crippen LogP contribution in [-0.4, -0.2) is 25.8 Å². The van der Waals surface area contributed by atoms with Gasteiger partial charge >= 0.3 is 0 Å². The van der Waals surface area contributed by atoms with Gasteiger partial charge in [0.05, 0.1) is 17.8 Å². The molecule has 1 amide bonds. The van der Waals surface area contributed by atoms with Crippen molar-refractivity contribution in [1.29, 1.82) is 0 Å². The summed E-state index contributed by atoms with van der Waals surface area (Å²) in [5.74, 6) is 0.741. The number of ether oxygens (including phenoxy) is 2. The zero-order valence-corrected chi connectivity index (χ0v) is 16.5. The molecule has 0 spiro atoms. The lowest BCUT2D eigenvalue weighted by molar-refractivity contribution is -0.123. The SMILES string of the molecule is COc1c(Br)cc(Br)cc1C=NNC(=O)COc1cccc(Cl)c1. The van der Waals surface area contributed by atoms with E-state index in [-0.39, 0.29) is 12.5 Å². The Labute approximate surface area is 161 Å². The number of hydrogen-bond acceptors (Lipinski definition) is 4. The molecule has 0 fully saturated rings. The quantitative estimate of drug-likeness (QED) is 0.497. The number of amides is 1. The Kier molecular flexibility index (Phi) is 7.08. The van der Waals surface area contributed by atoms with Gasteiger partial charge in [0.2, 0.25) is 0 Å². The van der Waals surface area contributed by atoms with Crippen molar-refractivity contribution in [1.82, 2.24) is 5.43 Å². The van der Waals surface area contributed by atoms with E-state index in [1.165, 1.54) is 6.21 Å². The standard InChI is InChI=1S/C16H13Br2ClN2O3/c1-23-16-10(5-11(17)6-14(16)18)8-20-21-15(22)9-24-13-4-2-3-12(19)7-13/h2-8H,9H2,1H3,(H,21,22). The Balaban J connectivity index is 1.93. The molecule has 0 unspecified atom stereocenters. The Morgan fingerprint density at radius 3 is 2.83 bits per heavy atom. The van der Waals surface area contributed by atoms with Crippen molar-refractivity contribution in [2.24, 2.45) is 5.10 Å². The number of halogens is 3. The summed E-state index contributed by atoms with van der Waals surface area (Å²) in [6.07, 6.45) is 1.49. The van der Waals surface area contributed by atoms with Crippen molar-refractivity contribution in [3.05, 3.63) is 55.9 Å². The molecule has 5 nitrogen and oxygen atoms in total. The third kappa shape index (κ3) is 5.51. The second kappa shape index (κ2) is 9.05. The molecule has 0 bridgehead atoms. The largest absolute Gasteiger partial charge is 0.495 e. The van der Waals surface area contributed by atoms with Crippen LogP contribution in [0.1, 0.15) is 5.56 Å². The van der Waals surface area contributed by atoms with Crippen LogP contribution in [-0.2, 0) is 4.79 Å². The van der Waals surface area contributed by atoms with Gasteiger partial charge in [-0.2, -0.15) is 5.10 Å². The van der Waals surface area contributed by atoms with Crippen molar-refractivity contribution in [3.63, 3.8) is 0 Å². The van der Waals surface area contributed by atoms with Crippen LogP contribution in [0.5, 0.6) is 11.5 Å². The molecule has 2 rings (SSSR count). The molecule has 0 heterocycles. The molecule has 8 heteroatoms. The van der Waals surface area contributed by atoms with E-state index in [1.54, 1.807) is 31.4 Å². The zero-order chi connectivity index (χ0) is 17.5. The lowest BCUT2D eigenvalue weighted by atomic mass is 10.2. The van der Waals surface area contributed by atoms with Gasteiger partial charge in [0.25, 0.3) is 5.91 Å². The predicted octanol–water partition coefficient (Wildman–Crippen LogP) is 4.40. The van der Waals surface area contributed by atoms with E-state index in [2.05, 4.69) is 42.4 Å². The lowest BCUT2D eigenvalue weighted by Crippen LogP contribution is -2.24.